The first-order chi connectivity index (χ1) is 8.65. The molecule has 0 saturated heterocycles. The van der Waals surface area contributed by atoms with E-state index in [1.54, 1.807) is 0 Å². The molecule has 1 aliphatic carbocycles. The molecule has 0 spiro atoms. The number of hydrogen-bond acceptors (Lipinski definition) is 3. The lowest BCUT2D eigenvalue weighted by Crippen LogP contribution is -2.45. The minimum absolute atomic E-state index is 0.206. The highest BCUT2D eigenvalue weighted by Crippen LogP contribution is 2.34. The lowest BCUT2D eigenvalue weighted by atomic mass is 9.94. The molecule has 0 amide bonds. The van der Waals surface area contributed by atoms with E-state index < -0.39 is 12.0 Å². The number of alkyl halides is 2. The Hall–Kier alpha value is -1.14. The molecular weight excluding hydrogens is 256 g/mol. The number of hydrazine groups is 1. The molecule has 0 aliphatic heterocycles. The Balaban J connectivity index is 2.52. The fourth-order valence-electron chi connectivity index (χ4n) is 2.12. The van der Waals surface area contributed by atoms with Crippen molar-refractivity contribution in [2.45, 2.75) is 70.9 Å². The van der Waals surface area contributed by atoms with Crippen molar-refractivity contribution in [1.82, 2.24) is 5.01 Å². The van der Waals surface area contributed by atoms with Crippen molar-refractivity contribution in [1.29, 1.82) is 0 Å². The van der Waals surface area contributed by atoms with Crippen LogP contribution in [0.4, 0.5) is 8.78 Å². The molecule has 0 aromatic carbocycles. The summed E-state index contributed by atoms with van der Waals surface area (Å²) in [5.74, 6) is -2.60. The zero-order valence-electron chi connectivity index (χ0n) is 12.0. The molecular formula is C12H23F2N3O2. The van der Waals surface area contributed by atoms with Gasteiger partial charge in [0.1, 0.15) is 6.10 Å². The van der Waals surface area contributed by atoms with Gasteiger partial charge in [-0.05, 0) is 40.5 Å². The van der Waals surface area contributed by atoms with Crippen LogP contribution in [-0.4, -0.2) is 34.1 Å². The van der Waals surface area contributed by atoms with E-state index in [-0.39, 0.29) is 31.2 Å². The van der Waals surface area contributed by atoms with E-state index in [9.17, 15) is 14.0 Å². The van der Waals surface area contributed by atoms with Crippen molar-refractivity contribution in [3.05, 3.63) is 5.21 Å². The molecule has 1 aliphatic rings. The van der Waals surface area contributed by atoms with Crippen molar-refractivity contribution in [3.8, 4) is 0 Å². The summed E-state index contributed by atoms with van der Waals surface area (Å²) in [7, 11) is 0. The summed E-state index contributed by atoms with van der Waals surface area (Å²) in [5, 5.41) is 16.8. The molecule has 1 rings (SSSR count). The van der Waals surface area contributed by atoms with Crippen LogP contribution in [0.15, 0.2) is 5.28 Å². The van der Waals surface area contributed by atoms with Crippen LogP contribution in [0.1, 0.15) is 53.4 Å². The van der Waals surface area contributed by atoms with Crippen molar-refractivity contribution in [3.63, 3.8) is 0 Å². The summed E-state index contributed by atoms with van der Waals surface area (Å²) in [4.78, 5) is 5.49. The summed E-state index contributed by atoms with van der Waals surface area (Å²) in [6.07, 6.45) is -0.349. The van der Waals surface area contributed by atoms with Gasteiger partial charge in [-0.2, -0.15) is 0 Å². The lowest BCUT2D eigenvalue weighted by molar-refractivity contribution is -0.725. The molecule has 7 heteroatoms. The largest absolute Gasteiger partial charge is 0.569 e. The number of halogens is 2. The molecule has 0 heterocycles. The standard InChI is InChI=1S/C12H23F2N3O2/c1-5-16(11(2,3)4)17(18)15-19-10-6-8-12(13,14)9-7-10/h10H,5-9H2,1-4H3/b17-15-. The third-order valence-corrected chi connectivity index (χ3v) is 3.21. The van der Waals surface area contributed by atoms with Crippen LogP contribution in [0.25, 0.3) is 0 Å². The van der Waals surface area contributed by atoms with Gasteiger partial charge in [-0.3, -0.25) is 0 Å². The second-order valence-corrected chi connectivity index (χ2v) is 5.88. The zero-order chi connectivity index (χ0) is 14.7. The van der Waals surface area contributed by atoms with Crippen molar-refractivity contribution in [2.75, 3.05) is 6.54 Å². The Kier molecular flexibility index (Phi) is 4.92. The SMILES string of the molecule is CCN(/[N+]([O-])=N/OC1CCC(F)(F)CC1)C(C)(C)C. The average molecular weight is 279 g/mol. The van der Waals surface area contributed by atoms with Gasteiger partial charge in [0, 0.05) is 12.8 Å². The smallest absolute Gasteiger partial charge is 0.248 e. The predicted octanol–water partition coefficient (Wildman–Crippen LogP) is 3.49. The highest BCUT2D eigenvalue weighted by molar-refractivity contribution is 4.77. The van der Waals surface area contributed by atoms with E-state index in [0.717, 1.165) is 0 Å². The summed E-state index contributed by atoms with van der Waals surface area (Å²) in [6.45, 7) is 7.99. The van der Waals surface area contributed by atoms with E-state index in [2.05, 4.69) is 5.28 Å². The maximum Gasteiger partial charge on any atom is 0.248 e. The number of rotatable bonds is 4. The molecule has 19 heavy (non-hydrogen) atoms. The first kappa shape index (κ1) is 15.9. The van der Waals surface area contributed by atoms with Crippen LogP contribution in [0, 0.1) is 5.21 Å². The average Bonchev–Trinajstić information content (AvgIpc) is 2.26. The summed E-state index contributed by atoms with van der Waals surface area (Å²) >= 11 is 0. The highest BCUT2D eigenvalue weighted by Gasteiger charge is 2.36. The minimum atomic E-state index is -2.60. The first-order valence-electron chi connectivity index (χ1n) is 6.65. The molecule has 0 aromatic heterocycles. The van der Waals surface area contributed by atoms with Gasteiger partial charge < -0.3 is 10.0 Å². The lowest BCUT2D eigenvalue weighted by Gasteiger charge is -2.30. The van der Waals surface area contributed by atoms with Crippen LogP contribution >= 0.6 is 0 Å². The van der Waals surface area contributed by atoms with Crippen LogP contribution in [0.5, 0.6) is 0 Å². The molecule has 0 bridgehead atoms. The van der Waals surface area contributed by atoms with Crippen LogP contribution < -0.4 is 0 Å². The van der Waals surface area contributed by atoms with E-state index in [1.165, 1.54) is 5.01 Å². The van der Waals surface area contributed by atoms with Crippen LogP contribution in [0.2, 0.25) is 0 Å². The van der Waals surface area contributed by atoms with Crippen molar-refractivity contribution < 1.29 is 18.6 Å². The Bertz CT molecular complexity index is 319. The maximum atomic E-state index is 12.9. The first-order valence-corrected chi connectivity index (χ1v) is 6.65. The van der Waals surface area contributed by atoms with E-state index in [1.807, 2.05) is 27.7 Å². The van der Waals surface area contributed by atoms with Gasteiger partial charge in [0.15, 0.2) is 0 Å². The fraction of sp³-hybridized carbons (Fsp3) is 1.00. The van der Waals surface area contributed by atoms with Gasteiger partial charge in [0.05, 0.1) is 17.1 Å². The normalized spacial score (nSPS) is 21.3. The Morgan fingerprint density at radius 1 is 1.37 bits per heavy atom. The zero-order valence-corrected chi connectivity index (χ0v) is 12.0. The summed E-state index contributed by atoms with van der Waals surface area (Å²) in [5.41, 5.74) is -0.372. The molecule has 1 saturated carbocycles. The molecule has 112 valence electrons. The molecule has 0 aromatic rings. The second kappa shape index (κ2) is 5.88. The van der Waals surface area contributed by atoms with E-state index >= 15 is 0 Å². The van der Waals surface area contributed by atoms with Gasteiger partial charge in [-0.1, -0.05) is 0 Å². The second-order valence-electron chi connectivity index (χ2n) is 5.88. The Morgan fingerprint density at radius 2 is 1.89 bits per heavy atom. The Labute approximate surface area is 112 Å². The van der Waals surface area contributed by atoms with Gasteiger partial charge in [-0.25, -0.2) is 8.78 Å². The van der Waals surface area contributed by atoms with Gasteiger partial charge in [-0.15, -0.1) is 5.01 Å². The van der Waals surface area contributed by atoms with Crippen molar-refractivity contribution >= 4 is 0 Å². The molecule has 1 fully saturated rings. The quantitative estimate of drug-likeness (QED) is 0.449. The molecule has 0 radical (unpaired) electrons. The third kappa shape index (κ3) is 4.80. The minimum Gasteiger partial charge on any atom is -0.569 e. The van der Waals surface area contributed by atoms with Crippen molar-refractivity contribution in [2.24, 2.45) is 5.28 Å². The molecule has 0 N–H and O–H groups in total. The van der Waals surface area contributed by atoms with Crippen LogP contribution in [0.3, 0.4) is 0 Å². The van der Waals surface area contributed by atoms with Gasteiger partial charge in [0.2, 0.25) is 11.2 Å². The number of nitrogens with zero attached hydrogens (tertiary/aromatic N) is 3. The molecule has 0 unspecified atom stereocenters. The van der Waals surface area contributed by atoms with Gasteiger partial charge >= 0.3 is 0 Å². The summed E-state index contributed by atoms with van der Waals surface area (Å²) in [6, 6.07) is 0. The van der Waals surface area contributed by atoms with E-state index in [0.29, 0.717) is 11.5 Å². The van der Waals surface area contributed by atoms with Crippen LogP contribution in [-0.2, 0) is 4.84 Å². The molecule has 0 atom stereocenters. The van der Waals surface area contributed by atoms with E-state index in [4.69, 9.17) is 4.84 Å². The maximum absolute atomic E-state index is 12.9. The van der Waals surface area contributed by atoms with Gasteiger partial charge in [0.25, 0.3) is 0 Å². The number of hydrogen-bond donors (Lipinski definition) is 0. The fourth-order valence-corrected chi connectivity index (χ4v) is 2.12. The monoisotopic (exact) mass is 279 g/mol. The summed E-state index contributed by atoms with van der Waals surface area (Å²) < 4.78 is 25.9. The highest BCUT2D eigenvalue weighted by atomic mass is 19.3. The topological polar surface area (TPSA) is 50.9 Å². The third-order valence-electron chi connectivity index (χ3n) is 3.21. The Morgan fingerprint density at radius 3 is 2.32 bits per heavy atom. The predicted molar refractivity (Wildman–Crippen MR) is 66.5 cm³/mol. The molecule has 5 nitrogen and oxygen atoms in total.